The number of hydrogen-bond acceptors (Lipinski definition) is 4. The number of hydrogen-bond donors (Lipinski definition) is 2. The zero-order valence-corrected chi connectivity index (χ0v) is 15.1. The molecule has 138 valence electrons. The Labute approximate surface area is 153 Å². The van der Waals surface area contributed by atoms with E-state index in [0.717, 1.165) is 37.4 Å². The SMILES string of the molecule is Cc1ccc(NC(=O)Nc2cc(F)cc(CN3CCN(C)CC3)c2)cn1. The van der Waals surface area contributed by atoms with Crippen molar-refractivity contribution < 1.29 is 9.18 Å². The predicted molar refractivity (Wildman–Crippen MR) is 101 cm³/mol. The first-order chi connectivity index (χ1) is 12.5. The minimum absolute atomic E-state index is 0.357. The predicted octanol–water partition coefficient (Wildman–Crippen LogP) is 2.92. The van der Waals surface area contributed by atoms with Gasteiger partial charge < -0.3 is 15.5 Å². The molecule has 1 aliphatic rings. The molecule has 2 amide bonds. The molecule has 1 fully saturated rings. The van der Waals surface area contributed by atoms with Crippen LogP contribution in [-0.4, -0.2) is 54.0 Å². The van der Waals surface area contributed by atoms with Gasteiger partial charge in [-0.2, -0.15) is 0 Å². The average Bonchev–Trinajstić information content (AvgIpc) is 2.58. The number of rotatable bonds is 4. The van der Waals surface area contributed by atoms with Gasteiger partial charge in [-0.05, 0) is 49.9 Å². The molecule has 0 spiro atoms. The van der Waals surface area contributed by atoms with E-state index in [-0.39, 0.29) is 5.82 Å². The van der Waals surface area contributed by atoms with Gasteiger partial charge in [0.1, 0.15) is 5.82 Å². The quantitative estimate of drug-likeness (QED) is 0.883. The van der Waals surface area contributed by atoms with Crippen molar-refractivity contribution in [1.29, 1.82) is 0 Å². The van der Waals surface area contributed by atoms with Gasteiger partial charge in [-0.1, -0.05) is 0 Å². The number of halogens is 1. The van der Waals surface area contributed by atoms with Crippen LogP contribution < -0.4 is 10.6 Å². The fraction of sp³-hybridized carbons (Fsp3) is 0.368. The number of urea groups is 1. The van der Waals surface area contributed by atoms with Crippen LogP contribution in [0, 0.1) is 12.7 Å². The van der Waals surface area contributed by atoms with Crippen LogP contribution in [-0.2, 0) is 6.54 Å². The van der Waals surface area contributed by atoms with E-state index in [1.165, 1.54) is 12.1 Å². The summed E-state index contributed by atoms with van der Waals surface area (Å²) in [5.74, 6) is -0.357. The fourth-order valence-corrected chi connectivity index (χ4v) is 2.91. The van der Waals surface area contributed by atoms with E-state index in [2.05, 4.69) is 32.5 Å². The van der Waals surface area contributed by atoms with Crippen LogP contribution in [0.3, 0.4) is 0 Å². The van der Waals surface area contributed by atoms with E-state index in [1.54, 1.807) is 12.3 Å². The number of aryl methyl sites for hydroxylation is 1. The van der Waals surface area contributed by atoms with Gasteiger partial charge in [0.05, 0.1) is 11.9 Å². The maximum Gasteiger partial charge on any atom is 0.323 e. The Hall–Kier alpha value is -2.51. The molecule has 6 nitrogen and oxygen atoms in total. The number of amides is 2. The van der Waals surface area contributed by atoms with Crippen molar-refractivity contribution in [3.05, 3.63) is 53.6 Å². The Kier molecular flexibility index (Phi) is 5.80. The van der Waals surface area contributed by atoms with Crippen LogP contribution in [0.5, 0.6) is 0 Å². The molecule has 0 radical (unpaired) electrons. The molecule has 0 unspecified atom stereocenters. The number of pyridine rings is 1. The second kappa shape index (κ2) is 8.25. The summed E-state index contributed by atoms with van der Waals surface area (Å²) in [5, 5.41) is 5.38. The number of aromatic nitrogens is 1. The molecule has 0 aliphatic carbocycles. The lowest BCUT2D eigenvalue weighted by Gasteiger charge is -2.32. The summed E-state index contributed by atoms with van der Waals surface area (Å²) >= 11 is 0. The maximum atomic E-state index is 14.0. The standard InChI is InChI=1S/C19H24FN5O/c1-14-3-4-17(12-21-14)22-19(26)23-18-10-15(9-16(20)11-18)13-25-7-5-24(2)6-8-25/h3-4,9-12H,5-8,13H2,1-2H3,(H2,22,23,26). The first-order valence-corrected chi connectivity index (χ1v) is 8.69. The smallest absolute Gasteiger partial charge is 0.308 e. The van der Waals surface area contributed by atoms with Crippen molar-refractivity contribution in [2.75, 3.05) is 43.9 Å². The van der Waals surface area contributed by atoms with Gasteiger partial charge in [0, 0.05) is 44.1 Å². The van der Waals surface area contributed by atoms with Gasteiger partial charge in [0.15, 0.2) is 0 Å². The third kappa shape index (κ3) is 5.24. The zero-order chi connectivity index (χ0) is 18.5. The van der Waals surface area contributed by atoms with Crippen molar-refractivity contribution in [2.24, 2.45) is 0 Å². The Bertz CT molecular complexity index is 757. The van der Waals surface area contributed by atoms with Gasteiger partial charge in [-0.15, -0.1) is 0 Å². The first kappa shape index (κ1) is 18.3. The first-order valence-electron chi connectivity index (χ1n) is 8.69. The topological polar surface area (TPSA) is 60.5 Å². The highest BCUT2D eigenvalue weighted by atomic mass is 19.1. The minimum atomic E-state index is -0.424. The molecule has 0 bridgehead atoms. The van der Waals surface area contributed by atoms with E-state index in [0.29, 0.717) is 17.9 Å². The Morgan fingerprint density at radius 2 is 1.85 bits per heavy atom. The highest BCUT2D eigenvalue weighted by Crippen LogP contribution is 2.17. The van der Waals surface area contributed by atoms with Crippen LogP contribution in [0.1, 0.15) is 11.3 Å². The van der Waals surface area contributed by atoms with Crippen LogP contribution >= 0.6 is 0 Å². The molecule has 2 N–H and O–H groups in total. The van der Waals surface area contributed by atoms with E-state index < -0.39 is 6.03 Å². The summed E-state index contributed by atoms with van der Waals surface area (Å²) in [7, 11) is 2.10. The van der Waals surface area contributed by atoms with Gasteiger partial charge in [0.25, 0.3) is 0 Å². The van der Waals surface area contributed by atoms with E-state index >= 15 is 0 Å². The third-order valence-electron chi connectivity index (χ3n) is 4.39. The van der Waals surface area contributed by atoms with E-state index in [1.807, 2.05) is 19.1 Å². The lowest BCUT2D eigenvalue weighted by Crippen LogP contribution is -2.43. The molecule has 26 heavy (non-hydrogen) atoms. The molecule has 7 heteroatoms. The highest BCUT2D eigenvalue weighted by molar-refractivity contribution is 5.99. The molecule has 2 heterocycles. The normalized spacial score (nSPS) is 15.7. The summed E-state index contributed by atoms with van der Waals surface area (Å²) < 4.78 is 14.0. The largest absolute Gasteiger partial charge is 0.323 e. The number of anilines is 2. The van der Waals surface area contributed by atoms with Crippen LogP contribution in [0.15, 0.2) is 36.5 Å². The van der Waals surface area contributed by atoms with Crippen molar-refractivity contribution in [3.63, 3.8) is 0 Å². The Morgan fingerprint density at radius 1 is 1.12 bits per heavy atom. The number of nitrogens with zero attached hydrogens (tertiary/aromatic N) is 3. The number of benzene rings is 1. The number of piperazine rings is 1. The monoisotopic (exact) mass is 357 g/mol. The molecule has 0 atom stereocenters. The average molecular weight is 357 g/mol. The molecular formula is C19H24FN5O. The second-order valence-electron chi connectivity index (χ2n) is 6.69. The number of carbonyl (C=O) groups is 1. The summed E-state index contributed by atoms with van der Waals surface area (Å²) in [6.45, 7) is 6.47. The van der Waals surface area contributed by atoms with Crippen molar-refractivity contribution in [1.82, 2.24) is 14.8 Å². The molecule has 3 rings (SSSR count). The summed E-state index contributed by atoms with van der Waals surface area (Å²) in [6, 6.07) is 7.81. The lowest BCUT2D eigenvalue weighted by molar-refractivity contribution is 0.148. The Morgan fingerprint density at radius 3 is 2.54 bits per heavy atom. The van der Waals surface area contributed by atoms with Crippen molar-refractivity contribution in [3.8, 4) is 0 Å². The minimum Gasteiger partial charge on any atom is -0.308 e. The van der Waals surface area contributed by atoms with Crippen molar-refractivity contribution in [2.45, 2.75) is 13.5 Å². The third-order valence-corrected chi connectivity index (χ3v) is 4.39. The Balaban J connectivity index is 1.61. The van der Waals surface area contributed by atoms with Crippen molar-refractivity contribution >= 4 is 17.4 Å². The fourth-order valence-electron chi connectivity index (χ4n) is 2.91. The highest BCUT2D eigenvalue weighted by Gasteiger charge is 2.15. The van der Waals surface area contributed by atoms with Crippen LogP contribution in [0.2, 0.25) is 0 Å². The number of nitrogens with one attached hydrogen (secondary N) is 2. The number of likely N-dealkylation sites (N-methyl/N-ethyl adjacent to an activating group) is 1. The summed E-state index contributed by atoms with van der Waals surface area (Å²) in [6.07, 6.45) is 1.58. The molecule has 1 aliphatic heterocycles. The van der Waals surface area contributed by atoms with Crippen LogP contribution in [0.25, 0.3) is 0 Å². The molecule has 1 aromatic carbocycles. The van der Waals surface area contributed by atoms with E-state index in [9.17, 15) is 9.18 Å². The number of carbonyl (C=O) groups excluding carboxylic acids is 1. The maximum absolute atomic E-state index is 14.0. The van der Waals surface area contributed by atoms with Gasteiger partial charge in [0.2, 0.25) is 0 Å². The van der Waals surface area contributed by atoms with Gasteiger partial charge >= 0.3 is 6.03 Å². The molecular weight excluding hydrogens is 333 g/mol. The second-order valence-corrected chi connectivity index (χ2v) is 6.69. The lowest BCUT2D eigenvalue weighted by atomic mass is 10.1. The molecule has 1 aromatic heterocycles. The van der Waals surface area contributed by atoms with Gasteiger partial charge in [-0.3, -0.25) is 9.88 Å². The molecule has 0 saturated carbocycles. The van der Waals surface area contributed by atoms with Crippen LogP contribution in [0.4, 0.5) is 20.6 Å². The molecule has 1 saturated heterocycles. The van der Waals surface area contributed by atoms with Gasteiger partial charge in [-0.25, -0.2) is 9.18 Å². The summed E-state index contributed by atoms with van der Waals surface area (Å²) in [4.78, 5) is 20.8. The summed E-state index contributed by atoms with van der Waals surface area (Å²) in [5.41, 5.74) is 2.74. The zero-order valence-electron chi connectivity index (χ0n) is 15.1. The molecule has 2 aromatic rings. The van der Waals surface area contributed by atoms with E-state index in [4.69, 9.17) is 0 Å².